The topological polar surface area (TPSA) is 86.8 Å². The molecular weight excluding hydrogens is 384 g/mol. The number of hydrogen-bond acceptors (Lipinski definition) is 7. The van der Waals surface area contributed by atoms with Gasteiger partial charge in [0.15, 0.2) is 0 Å². The molecule has 0 saturated carbocycles. The third kappa shape index (κ3) is 3.37. The summed E-state index contributed by atoms with van der Waals surface area (Å²) in [4.78, 5) is 29.3. The van der Waals surface area contributed by atoms with Crippen molar-refractivity contribution in [2.75, 3.05) is 19.5 Å². The van der Waals surface area contributed by atoms with Gasteiger partial charge in [-0.15, -0.1) is 0 Å². The van der Waals surface area contributed by atoms with Crippen molar-refractivity contribution in [1.82, 2.24) is 4.98 Å². The molecule has 0 spiro atoms. The van der Waals surface area contributed by atoms with Gasteiger partial charge in [-0.3, -0.25) is 4.98 Å². The van der Waals surface area contributed by atoms with Crippen LogP contribution in [-0.2, 0) is 30.2 Å². The number of carbonyl (C=O) groups excluding carboxylic acids is 2. The number of ether oxygens (including phenoxy) is 3. The molecule has 7 nitrogen and oxygen atoms in total. The lowest BCUT2D eigenvalue weighted by Gasteiger charge is -2.36. The molecule has 0 aliphatic carbocycles. The number of nitrogens with one attached hydrogen (secondary N) is 1. The third-order valence-corrected chi connectivity index (χ3v) is 5.40. The number of aromatic nitrogens is 1. The number of hydrogen-bond donors (Lipinski definition) is 1. The van der Waals surface area contributed by atoms with E-state index in [1.807, 2.05) is 48.5 Å². The minimum atomic E-state index is -1.18. The summed E-state index contributed by atoms with van der Waals surface area (Å²) in [7, 11) is 2.57. The minimum Gasteiger partial charge on any atom is -0.466 e. The van der Waals surface area contributed by atoms with Crippen molar-refractivity contribution in [3.63, 3.8) is 0 Å². The number of pyridine rings is 1. The average Bonchev–Trinajstić information content (AvgIpc) is 3.37. The Labute approximate surface area is 174 Å². The Morgan fingerprint density at radius 2 is 1.80 bits per heavy atom. The largest absolute Gasteiger partial charge is 0.466 e. The molecule has 2 aliphatic heterocycles. The number of benzene rings is 1. The van der Waals surface area contributed by atoms with E-state index in [1.165, 1.54) is 14.2 Å². The number of esters is 2. The third-order valence-electron chi connectivity index (χ3n) is 5.40. The molecule has 0 saturated heterocycles. The predicted octanol–water partition coefficient (Wildman–Crippen LogP) is 2.45. The fraction of sp³-hybridized carbons (Fsp3) is 0.261. The Morgan fingerprint density at radius 1 is 1.10 bits per heavy atom. The maximum absolute atomic E-state index is 12.8. The van der Waals surface area contributed by atoms with Crippen molar-refractivity contribution in [2.45, 2.75) is 24.2 Å². The van der Waals surface area contributed by atoms with Crippen molar-refractivity contribution >= 4 is 17.6 Å². The van der Waals surface area contributed by atoms with E-state index < -0.39 is 29.7 Å². The molecule has 7 heteroatoms. The summed E-state index contributed by atoms with van der Waals surface area (Å²) in [6, 6.07) is 13.1. The number of fused-ring (bicyclic) bond motifs is 2. The first-order chi connectivity index (χ1) is 14.6. The summed E-state index contributed by atoms with van der Waals surface area (Å²) in [5, 5.41) is 3.46. The van der Waals surface area contributed by atoms with E-state index in [-0.39, 0.29) is 11.1 Å². The Kier molecular flexibility index (Phi) is 5.37. The first-order valence-electron chi connectivity index (χ1n) is 9.58. The maximum atomic E-state index is 12.8. The van der Waals surface area contributed by atoms with E-state index in [9.17, 15) is 9.59 Å². The highest BCUT2D eigenvalue weighted by molar-refractivity contribution is 6.05. The second-order valence-corrected chi connectivity index (χ2v) is 7.09. The molecule has 30 heavy (non-hydrogen) atoms. The van der Waals surface area contributed by atoms with Crippen LogP contribution in [0.5, 0.6) is 0 Å². The van der Waals surface area contributed by atoms with Crippen LogP contribution in [0.3, 0.4) is 0 Å². The van der Waals surface area contributed by atoms with E-state index >= 15 is 0 Å². The quantitative estimate of drug-likeness (QED) is 0.558. The molecule has 154 valence electrons. The molecule has 2 aliphatic rings. The normalized spacial score (nSPS) is 22.7. The minimum absolute atomic E-state index is 0.173. The van der Waals surface area contributed by atoms with Gasteiger partial charge in [0.2, 0.25) is 0 Å². The highest BCUT2D eigenvalue weighted by atomic mass is 16.6. The first kappa shape index (κ1) is 19.8. The summed E-state index contributed by atoms with van der Waals surface area (Å²) in [6.45, 7) is 0. The van der Waals surface area contributed by atoms with Crippen molar-refractivity contribution in [1.29, 1.82) is 0 Å². The lowest BCUT2D eigenvalue weighted by Crippen LogP contribution is -2.49. The Morgan fingerprint density at radius 3 is 2.47 bits per heavy atom. The van der Waals surface area contributed by atoms with Crippen molar-refractivity contribution in [3.8, 4) is 0 Å². The monoisotopic (exact) mass is 406 g/mol. The van der Waals surface area contributed by atoms with Crippen LogP contribution in [0.15, 0.2) is 78.2 Å². The zero-order valence-electron chi connectivity index (χ0n) is 16.7. The second kappa shape index (κ2) is 8.12. The molecule has 2 aromatic rings. The second-order valence-electron chi connectivity index (χ2n) is 7.09. The van der Waals surface area contributed by atoms with Crippen molar-refractivity contribution in [2.24, 2.45) is 0 Å². The molecule has 3 unspecified atom stereocenters. The smallest absolute Gasteiger partial charge is 0.337 e. The maximum Gasteiger partial charge on any atom is 0.337 e. The number of nitrogens with zero attached hydrogens (tertiary/aromatic N) is 1. The van der Waals surface area contributed by atoms with Crippen LogP contribution in [0.1, 0.15) is 5.56 Å². The van der Waals surface area contributed by atoms with Gasteiger partial charge in [-0.25, -0.2) is 9.59 Å². The van der Waals surface area contributed by atoms with Crippen LogP contribution >= 0.6 is 0 Å². The molecule has 1 aromatic heterocycles. The van der Waals surface area contributed by atoms with E-state index in [0.717, 1.165) is 11.3 Å². The van der Waals surface area contributed by atoms with Crippen LogP contribution in [0.2, 0.25) is 0 Å². The lowest BCUT2D eigenvalue weighted by atomic mass is 9.79. The van der Waals surface area contributed by atoms with E-state index in [1.54, 1.807) is 18.5 Å². The van der Waals surface area contributed by atoms with Crippen LogP contribution < -0.4 is 5.32 Å². The van der Waals surface area contributed by atoms with Gasteiger partial charge in [0.25, 0.3) is 0 Å². The van der Waals surface area contributed by atoms with Crippen LogP contribution in [-0.4, -0.2) is 48.9 Å². The van der Waals surface area contributed by atoms with Gasteiger partial charge in [-0.05, 0) is 30.2 Å². The summed E-state index contributed by atoms with van der Waals surface area (Å²) in [6.07, 6.45) is 6.85. The SMILES string of the molecule is COC(=O)C1=C(C(=O)OC)C2(C(Cc3ccccc3)Nc3ccncc3)C=CC1O2. The number of anilines is 1. The summed E-state index contributed by atoms with van der Waals surface area (Å²) in [5.41, 5.74) is 1.04. The van der Waals surface area contributed by atoms with Gasteiger partial charge in [0.05, 0.1) is 31.4 Å². The van der Waals surface area contributed by atoms with Gasteiger partial charge < -0.3 is 19.5 Å². The molecule has 1 N–H and O–H groups in total. The molecule has 3 atom stereocenters. The average molecular weight is 406 g/mol. The Hall–Kier alpha value is -3.45. The van der Waals surface area contributed by atoms with E-state index in [0.29, 0.717) is 6.42 Å². The van der Waals surface area contributed by atoms with Gasteiger partial charge >= 0.3 is 11.9 Å². The molecule has 0 amide bonds. The van der Waals surface area contributed by atoms with Crippen LogP contribution in [0.4, 0.5) is 5.69 Å². The summed E-state index contributed by atoms with van der Waals surface area (Å²) < 4.78 is 16.2. The molecule has 1 aromatic carbocycles. The highest BCUT2D eigenvalue weighted by Gasteiger charge is 2.58. The predicted molar refractivity (Wildman–Crippen MR) is 110 cm³/mol. The number of rotatable bonds is 7. The summed E-state index contributed by atoms with van der Waals surface area (Å²) in [5.74, 6) is -1.22. The molecule has 2 bridgehead atoms. The standard InChI is InChI=1S/C23H22N2O5/c1-28-21(26)19-17-8-11-23(30-17,20(19)22(27)29-2)18(14-15-6-4-3-5-7-15)25-16-9-12-24-13-10-16/h3-13,17-18H,14H2,1-2H3,(H,24,25). The van der Waals surface area contributed by atoms with Crippen molar-refractivity contribution in [3.05, 3.63) is 83.7 Å². The van der Waals surface area contributed by atoms with Crippen LogP contribution in [0, 0.1) is 0 Å². The Balaban J connectivity index is 1.81. The van der Waals surface area contributed by atoms with Gasteiger partial charge in [0, 0.05) is 18.1 Å². The number of methoxy groups -OCH3 is 2. The lowest BCUT2D eigenvalue weighted by molar-refractivity contribution is -0.139. The van der Waals surface area contributed by atoms with Gasteiger partial charge in [-0.2, -0.15) is 0 Å². The van der Waals surface area contributed by atoms with Crippen LogP contribution in [0.25, 0.3) is 0 Å². The first-order valence-corrected chi connectivity index (χ1v) is 9.58. The van der Waals surface area contributed by atoms with Gasteiger partial charge in [0.1, 0.15) is 11.7 Å². The van der Waals surface area contributed by atoms with Gasteiger partial charge in [-0.1, -0.05) is 36.4 Å². The number of carbonyl (C=O) groups is 2. The zero-order chi connectivity index (χ0) is 21.1. The molecule has 0 radical (unpaired) electrons. The fourth-order valence-corrected chi connectivity index (χ4v) is 4.05. The molecule has 0 fully saturated rings. The molecular formula is C23H22N2O5. The fourth-order valence-electron chi connectivity index (χ4n) is 4.05. The molecule has 3 heterocycles. The zero-order valence-corrected chi connectivity index (χ0v) is 16.7. The highest BCUT2D eigenvalue weighted by Crippen LogP contribution is 2.47. The summed E-state index contributed by atoms with van der Waals surface area (Å²) >= 11 is 0. The Bertz CT molecular complexity index is 961. The van der Waals surface area contributed by atoms with Crippen molar-refractivity contribution < 1.29 is 23.8 Å². The van der Waals surface area contributed by atoms with E-state index in [2.05, 4.69) is 10.3 Å². The molecule has 4 rings (SSSR count). The van der Waals surface area contributed by atoms with E-state index in [4.69, 9.17) is 14.2 Å².